The van der Waals surface area contributed by atoms with Crippen molar-refractivity contribution in [1.29, 1.82) is 0 Å². The highest BCUT2D eigenvalue weighted by atomic mass is 35.5. The lowest BCUT2D eigenvalue weighted by atomic mass is 9.68. The molecule has 2 N–H and O–H groups in total. The van der Waals surface area contributed by atoms with Crippen molar-refractivity contribution in [3.05, 3.63) is 119 Å². The number of hydrogen-bond donors (Lipinski definition) is 2. The molecule has 5 nitrogen and oxygen atoms in total. The highest BCUT2D eigenvalue weighted by Gasteiger charge is 2.45. The van der Waals surface area contributed by atoms with E-state index in [1.807, 2.05) is 24.3 Å². The third kappa shape index (κ3) is 6.18. The van der Waals surface area contributed by atoms with E-state index in [1.165, 1.54) is 41.5 Å². The highest BCUT2D eigenvalue weighted by molar-refractivity contribution is 6.18. The number of rotatable bonds is 12. The van der Waals surface area contributed by atoms with Crippen LogP contribution in [-0.2, 0) is 10.2 Å². The van der Waals surface area contributed by atoms with E-state index >= 15 is 0 Å². The predicted octanol–water partition coefficient (Wildman–Crippen LogP) is 7.12. The normalized spacial score (nSPS) is 17.1. The Morgan fingerprint density at radius 2 is 1.12 bits per heavy atom. The number of benzene rings is 4. The molecule has 0 aromatic heterocycles. The van der Waals surface area contributed by atoms with Crippen molar-refractivity contribution in [2.24, 2.45) is 0 Å². The van der Waals surface area contributed by atoms with Crippen molar-refractivity contribution in [3.8, 4) is 22.6 Å². The number of aliphatic hydroxyl groups excluding tert-OH is 2. The average Bonchev–Trinajstić information content (AvgIpc) is 3.37. The van der Waals surface area contributed by atoms with Gasteiger partial charge in [-0.15, -0.1) is 11.6 Å². The number of fused-ring (bicyclic) bond motifs is 3. The van der Waals surface area contributed by atoms with Crippen LogP contribution >= 0.6 is 11.6 Å². The second kappa shape index (κ2) is 13.5. The topological polar surface area (TPSA) is 68.2 Å². The van der Waals surface area contributed by atoms with E-state index in [-0.39, 0.29) is 25.2 Å². The quantitative estimate of drug-likeness (QED) is 0.150. The second-order valence-electron chi connectivity index (χ2n) is 11.6. The first-order chi connectivity index (χ1) is 21.1. The standard InChI is InChI=1S/C37H39ClO5/c38-22-28(39)23-41-31-18-14-26(15-19-31)37(35-12-6-4-10-33(35)34-11-5-7-13-36(34)37)27-16-20-32(21-17-27)43-25-29(40)24-42-30-8-2-1-3-9-30/h4-7,10-21,28-30,39-40H,1-3,8-9,22-25H2. The first-order valence-corrected chi connectivity index (χ1v) is 15.8. The molecule has 2 unspecified atom stereocenters. The summed E-state index contributed by atoms with van der Waals surface area (Å²) in [6, 6.07) is 33.5. The third-order valence-corrected chi connectivity index (χ3v) is 9.02. The van der Waals surface area contributed by atoms with Gasteiger partial charge >= 0.3 is 0 Å². The lowest BCUT2D eigenvalue weighted by Gasteiger charge is -2.34. The summed E-state index contributed by atoms with van der Waals surface area (Å²) < 4.78 is 17.7. The minimum absolute atomic E-state index is 0.127. The van der Waals surface area contributed by atoms with Crippen LogP contribution in [0.5, 0.6) is 11.5 Å². The summed E-state index contributed by atoms with van der Waals surface area (Å²) >= 11 is 5.74. The Kier molecular flexibility index (Phi) is 9.34. The number of alkyl halides is 1. The highest BCUT2D eigenvalue weighted by Crippen LogP contribution is 2.56. The van der Waals surface area contributed by atoms with Gasteiger partial charge in [-0.3, -0.25) is 0 Å². The lowest BCUT2D eigenvalue weighted by Crippen LogP contribution is -2.29. The SMILES string of the molecule is OC(CCl)COc1ccc(C2(c3ccc(OCC(O)COC4CCCCC4)cc3)c3ccccc3-c3ccccc32)cc1. The van der Waals surface area contributed by atoms with E-state index in [2.05, 4.69) is 72.8 Å². The zero-order chi connectivity index (χ0) is 29.6. The molecular weight excluding hydrogens is 560 g/mol. The Labute approximate surface area is 259 Å². The van der Waals surface area contributed by atoms with Gasteiger partial charge in [0.1, 0.15) is 36.9 Å². The molecule has 6 heteroatoms. The van der Waals surface area contributed by atoms with E-state index in [9.17, 15) is 10.2 Å². The van der Waals surface area contributed by atoms with Crippen LogP contribution in [0.25, 0.3) is 11.1 Å². The zero-order valence-corrected chi connectivity index (χ0v) is 25.1. The van der Waals surface area contributed by atoms with Crippen molar-refractivity contribution in [2.75, 3.05) is 25.7 Å². The molecule has 1 fully saturated rings. The maximum atomic E-state index is 10.5. The smallest absolute Gasteiger partial charge is 0.119 e. The van der Waals surface area contributed by atoms with E-state index in [0.29, 0.717) is 18.1 Å². The molecule has 224 valence electrons. The predicted molar refractivity (Wildman–Crippen MR) is 170 cm³/mol. The molecule has 0 aliphatic heterocycles. The number of hydrogen-bond acceptors (Lipinski definition) is 5. The molecule has 0 spiro atoms. The van der Waals surface area contributed by atoms with Gasteiger partial charge in [0.2, 0.25) is 0 Å². The maximum Gasteiger partial charge on any atom is 0.119 e. The first-order valence-electron chi connectivity index (χ1n) is 15.3. The lowest BCUT2D eigenvalue weighted by molar-refractivity contribution is -0.0363. The molecule has 2 aliphatic carbocycles. The molecule has 2 atom stereocenters. The summed E-state index contributed by atoms with van der Waals surface area (Å²) in [5.74, 6) is 1.51. The van der Waals surface area contributed by atoms with Crippen LogP contribution in [0.1, 0.15) is 54.4 Å². The fourth-order valence-electron chi connectivity index (χ4n) is 6.58. The summed E-state index contributed by atoms with van der Waals surface area (Å²) in [6.07, 6.45) is 4.72. The van der Waals surface area contributed by atoms with Gasteiger partial charge in [-0.1, -0.05) is 92.1 Å². The average molecular weight is 599 g/mol. The van der Waals surface area contributed by atoms with Crippen molar-refractivity contribution in [1.82, 2.24) is 0 Å². The molecule has 4 aromatic carbocycles. The van der Waals surface area contributed by atoms with Crippen molar-refractivity contribution in [2.45, 2.75) is 55.8 Å². The van der Waals surface area contributed by atoms with Gasteiger partial charge in [0.05, 0.1) is 24.0 Å². The Balaban J connectivity index is 1.28. The van der Waals surface area contributed by atoms with Crippen LogP contribution in [0.4, 0.5) is 0 Å². The molecule has 6 rings (SSSR count). The van der Waals surface area contributed by atoms with E-state index in [0.717, 1.165) is 24.0 Å². The summed E-state index contributed by atoms with van der Waals surface area (Å²) in [5, 5.41) is 20.3. The van der Waals surface area contributed by atoms with Crippen LogP contribution in [0, 0.1) is 0 Å². The van der Waals surface area contributed by atoms with Crippen LogP contribution in [-0.4, -0.2) is 54.2 Å². The van der Waals surface area contributed by atoms with Gasteiger partial charge in [0.25, 0.3) is 0 Å². The first kappa shape index (κ1) is 29.7. The molecule has 2 aliphatic rings. The minimum atomic E-state index is -0.715. The summed E-state index contributed by atoms with van der Waals surface area (Å²) in [4.78, 5) is 0. The Morgan fingerprint density at radius 1 is 0.628 bits per heavy atom. The maximum absolute atomic E-state index is 10.5. The van der Waals surface area contributed by atoms with Gasteiger partial charge < -0.3 is 24.4 Å². The van der Waals surface area contributed by atoms with Gasteiger partial charge in [-0.2, -0.15) is 0 Å². The summed E-state index contributed by atoms with van der Waals surface area (Å²) in [7, 11) is 0. The molecular formula is C37H39ClO5. The van der Waals surface area contributed by atoms with Crippen molar-refractivity contribution in [3.63, 3.8) is 0 Å². The zero-order valence-electron chi connectivity index (χ0n) is 24.3. The van der Waals surface area contributed by atoms with Gasteiger partial charge in [0, 0.05) is 0 Å². The second-order valence-corrected chi connectivity index (χ2v) is 11.9. The fourth-order valence-corrected chi connectivity index (χ4v) is 6.67. The van der Waals surface area contributed by atoms with Crippen LogP contribution in [0.2, 0.25) is 0 Å². The van der Waals surface area contributed by atoms with E-state index in [4.69, 9.17) is 25.8 Å². The summed E-state index contributed by atoms with van der Waals surface area (Å²) in [6.45, 7) is 0.620. The van der Waals surface area contributed by atoms with Gasteiger partial charge in [-0.05, 0) is 70.5 Å². The largest absolute Gasteiger partial charge is 0.491 e. The number of aliphatic hydroxyl groups is 2. The Hall–Kier alpha value is -3.35. The Bertz CT molecular complexity index is 1430. The molecule has 4 aromatic rings. The van der Waals surface area contributed by atoms with E-state index < -0.39 is 17.6 Å². The molecule has 0 saturated heterocycles. The van der Waals surface area contributed by atoms with Crippen LogP contribution < -0.4 is 9.47 Å². The van der Waals surface area contributed by atoms with Crippen molar-refractivity contribution >= 4 is 11.6 Å². The van der Waals surface area contributed by atoms with Gasteiger partial charge in [-0.25, -0.2) is 0 Å². The molecule has 0 amide bonds. The third-order valence-electron chi connectivity index (χ3n) is 8.67. The molecule has 0 bridgehead atoms. The van der Waals surface area contributed by atoms with E-state index in [1.54, 1.807) is 0 Å². The van der Waals surface area contributed by atoms with Crippen LogP contribution in [0.15, 0.2) is 97.1 Å². The van der Waals surface area contributed by atoms with Gasteiger partial charge in [0.15, 0.2) is 0 Å². The minimum Gasteiger partial charge on any atom is -0.491 e. The van der Waals surface area contributed by atoms with Crippen molar-refractivity contribution < 1.29 is 24.4 Å². The molecule has 1 saturated carbocycles. The monoisotopic (exact) mass is 598 g/mol. The fraction of sp³-hybridized carbons (Fsp3) is 0.351. The molecule has 0 heterocycles. The molecule has 0 radical (unpaired) electrons. The molecule has 43 heavy (non-hydrogen) atoms. The Morgan fingerprint density at radius 3 is 1.63 bits per heavy atom. The van der Waals surface area contributed by atoms with Crippen LogP contribution in [0.3, 0.4) is 0 Å². The number of ether oxygens (including phenoxy) is 3. The number of halogens is 1. The summed E-state index contributed by atoms with van der Waals surface area (Å²) in [5.41, 5.74) is 6.53.